The fourth-order valence-electron chi connectivity index (χ4n) is 2.67. The van der Waals surface area contributed by atoms with Crippen molar-refractivity contribution < 1.29 is 9.18 Å². The summed E-state index contributed by atoms with van der Waals surface area (Å²) in [4.78, 5) is 22.9. The van der Waals surface area contributed by atoms with Crippen molar-refractivity contribution in [1.29, 1.82) is 0 Å². The maximum Gasteiger partial charge on any atom is 0.233 e. The molecule has 0 aliphatic carbocycles. The van der Waals surface area contributed by atoms with Crippen molar-refractivity contribution in [2.75, 3.05) is 18.8 Å². The summed E-state index contributed by atoms with van der Waals surface area (Å²) in [6.45, 7) is 3.92. The van der Waals surface area contributed by atoms with Crippen molar-refractivity contribution in [2.24, 2.45) is 5.92 Å². The molecule has 3 rings (SSSR count). The third-order valence-corrected chi connectivity index (χ3v) is 5.08. The maximum atomic E-state index is 13.0. The number of likely N-dealkylation sites (tertiary alicyclic amines) is 1. The summed E-state index contributed by atoms with van der Waals surface area (Å²) in [5, 5.41) is 0.565. The molecular weight excluding hydrogens is 325 g/mol. The monoisotopic (exact) mass is 345 g/mol. The highest BCUT2D eigenvalue weighted by Gasteiger charge is 2.20. The highest BCUT2D eigenvalue weighted by Crippen LogP contribution is 2.22. The minimum absolute atomic E-state index is 0.141. The van der Waals surface area contributed by atoms with Crippen LogP contribution in [0.5, 0.6) is 0 Å². The van der Waals surface area contributed by atoms with Gasteiger partial charge in [0.2, 0.25) is 5.91 Å². The number of carbonyl (C=O) groups is 1. The number of halogens is 1. The van der Waals surface area contributed by atoms with Gasteiger partial charge < -0.3 is 4.90 Å². The molecule has 24 heavy (non-hydrogen) atoms. The molecule has 1 aromatic heterocycles. The number of rotatable bonds is 4. The van der Waals surface area contributed by atoms with Gasteiger partial charge in [-0.05, 0) is 49.1 Å². The molecule has 2 aromatic rings. The summed E-state index contributed by atoms with van der Waals surface area (Å²) in [7, 11) is 0. The smallest absolute Gasteiger partial charge is 0.233 e. The topological polar surface area (TPSA) is 46.1 Å². The number of nitrogens with zero attached hydrogens (tertiary/aromatic N) is 3. The van der Waals surface area contributed by atoms with Crippen LogP contribution in [-0.4, -0.2) is 39.6 Å². The molecule has 1 amide bonds. The number of thioether (sulfide) groups is 1. The molecule has 1 fully saturated rings. The predicted octanol–water partition coefficient (Wildman–Crippen LogP) is 3.63. The second-order valence-electron chi connectivity index (χ2n) is 6.08. The van der Waals surface area contributed by atoms with E-state index in [9.17, 15) is 9.18 Å². The summed E-state index contributed by atoms with van der Waals surface area (Å²) in [6.07, 6.45) is 3.82. The van der Waals surface area contributed by atoms with Crippen molar-refractivity contribution >= 4 is 17.7 Å². The van der Waals surface area contributed by atoms with E-state index in [1.165, 1.54) is 23.9 Å². The zero-order chi connectivity index (χ0) is 16.9. The van der Waals surface area contributed by atoms with Gasteiger partial charge in [-0.2, -0.15) is 0 Å². The maximum absolute atomic E-state index is 13.0. The highest BCUT2D eigenvalue weighted by molar-refractivity contribution is 7.99. The summed E-state index contributed by atoms with van der Waals surface area (Å²) in [5.74, 6) is 0.922. The van der Waals surface area contributed by atoms with Gasteiger partial charge in [0.25, 0.3) is 0 Å². The van der Waals surface area contributed by atoms with Gasteiger partial charge in [-0.15, -0.1) is 0 Å². The van der Waals surface area contributed by atoms with Crippen molar-refractivity contribution in [1.82, 2.24) is 14.9 Å². The molecule has 1 aliphatic heterocycles. The van der Waals surface area contributed by atoms with E-state index < -0.39 is 0 Å². The Balaban J connectivity index is 1.60. The molecule has 0 spiro atoms. The van der Waals surface area contributed by atoms with E-state index in [0.29, 0.717) is 16.8 Å². The van der Waals surface area contributed by atoms with Gasteiger partial charge in [0.05, 0.1) is 11.4 Å². The molecule has 0 N–H and O–H groups in total. The Bertz CT molecular complexity index is 700. The van der Waals surface area contributed by atoms with Gasteiger partial charge in [0, 0.05) is 24.8 Å². The average molecular weight is 345 g/mol. The zero-order valence-electron chi connectivity index (χ0n) is 13.6. The van der Waals surface area contributed by atoms with E-state index in [1.807, 2.05) is 4.90 Å². The van der Waals surface area contributed by atoms with Crippen molar-refractivity contribution in [2.45, 2.75) is 24.9 Å². The first-order valence-electron chi connectivity index (χ1n) is 8.11. The van der Waals surface area contributed by atoms with Gasteiger partial charge in [-0.25, -0.2) is 14.4 Å². The lowest BCUT2D eigenvalue weighted by Crippen LogP contribution is -2.38. The third kappa shape index (κ3) is 4.32. The fraction of sp³-hybridized carbons (Fsp3) is 0.389. The number of aromatic nitrogens is 2. The lowest BCUT2D eigenvalue weighted by atomic mass is 9.99. The van der Waals surface area contributed by atoms with Crippen LogP contribution in [0.3, 0.4) is 0 Å². The first-order valence-corrected chi connectivity index (χ1v) is 9.10. The minimum Gasteiger partial charge on any atom is -0.342 e. The number of carbonyl (C=O) groups excluding carboxylic acids is 1. The molecule has 126 valence electrons. The van der Waals surface area contributed by atoms with Gasteiger partial charge in [0.15, 0.2) is 5.16 Å². The second kappa shape index (κ2) is 7.75. The molecule has 1 aromatic carbocycles. The Labute approximate surface area is 145 Å². The molecule has 0 unspecified atom stereocenters. The molecule has 2 heterocycles. The summed E-state index contributed by atoms with van der Waals surface area (Å²) < 4.78 is 13.0. The van der Waals surface area contributed by atoms with Gasteiger partial charge >= 0.3 is 0 Å². The highest BCUT2D eigenvalue weighted by atomic mass is 32.2. The molecule has 0 radical (unpaired) electrons. The number of hydrogen-bond donors (Lipinski definition) is 0. The van der Waals surface area contributed by atoms with Crippen LogP contribution < -0.4 is 0 Å². The predicted molar refractivity (Wildman–Crippen MR) is 93.1 cm³/mol. The van der Waals surface area contributed by atoms with E-state index in [1.54, 1.807) is 24.4 Å². The summed E-state index contributed by atoms with van der Waals surface area (Å²) in [6, 6.07) is 7.97. The van der Waals surface area contributed by atoms with Crippen LogP contribution in [0, 0.1) is 11.7 Å². The van der Waals surface area contributed by atoms with E-state index in [0.717, 1.165) is 37.2 Å². The SMILES string of the molecule is CC1CCN(C(=O)CSc2nccc(-c3ccc(F)cc3)n2)CC1. The zero-order valence-corrected chi connectivity index (χ0v) is 14.4. The molecule has 4 nitrogen and oxygen atoms in total. The van der Waals surface area contributed by atoms with E-state index in [2.05, 4.69) is 16.9 Å². The molecule has 0 bridgehead atoms. The Morgan fingerprint density at radius 3 is 2.67 bits per heavy atom. The molecular formula is C18H20FN3OS. The summed E-state index contributed by atoms with van der Waals surface area (Å²) >= 11 is 1.35. The van der Waals surface area contributed by atoms with Gasteiger partial charge in [-0.1, -0.05) is 18.7 Å². The van der Waals surface area contributed by atoms with E-state index in [4.69, 9.17) is 0 Å². The molecule has 6 heteroatoms. The molecule has 0 atom stereocenters. The van der Waals surface area contributed by atoms with Crippen LogP contribution in [0.4, 0.5) is 4.39 Å². The third-order valence-electron chi connectivity index (χ3n) is 4.23. The lowest BCUT2D eigenvalue weighted by molar-refractivity contribution is -0.129. The standard InChI is InChI=1S/C18H20FN3OS/c1-13-7-10-22(11-8-13)17(23)12-24-18-20-9-6-16(21-18)14-2-4-15(19)5-3-14/h2-6,9,13H,7-8,10-12H2,1H3. The first-order chi connectivity index (χ1) is 11.6. The van der Waals surface area contributed by atoms with Gasteiger partial charge in [0.1, 0.15) is 5.82 Å². The number of benzene rings is 1. The molecule has 1 saturated heterocycles. The van der Waals surface area contributed by atoms with Crippen molar-refractivity contribution in [3.8, 4) is 11.3 Å². The Morgan fingerprint density at radius 1 is 1.25 bits per heavy atom. The number of piperidine rings is 1. The van der Waals surface area contributed by atoms with Crippen molar-refractivity contribution in [3.63, 3.8) is 0 Å². The number of amides is 1. The second-order valence-corrected chi connectivity index (χ2v) is 7.03. The van der Waals surface area contributed by atoms with E-state index in [-0.39, 0.29) is 11.7 Å². The van der Waals surface area contributed by atoms with Crippen molar-refractivity contribution in [3.05, 3.63) is 42.3 Å². The van der Waals surface area contributed by atoms with Crippen LogP contribution in [0.25, 0.3) is 11.3 Å². The normalized spacial score (nSPS) is 15.5. The largest absolute Gasteiger partial charge is 0.342 e. The van der Waals surface area contributed by atoms with Crippen LogP contribution in [0.15, 0.2) is 41.7 Å². The molecule has 1 aliphatic rings. The van der Waals surface area contributed by atoms with E-state index >= 15 is 0 Å². The summed E-state index contributed by atoms with van der Waals surface area (Å²) in [5.41, 5.74) is 1.56. The Hall–Kier alpha value is -1.95. The number of hydrogen-bond acceptors (Lipinski definition) is 4. The molecule has 0 saturated carbocycles. The van der Waals surface area contributed by atoms with Gasteiger partial charge in [-0.3, -0.25) is 4.79 Å². The Morgan fingerprint density at radius 2 is 1.96 bits per heavy atom. The minimum atomic E-state index is -0.274. The first kappa shape index (κ1) is 16.9. The van der Waals surface area contributed by atoms with Crippen LogP contribution >= 0.6 is 11.8 Å². The fourth-order valence-corrected chi connectivity index (χ4v) is 3.40. The quantitative estimate of drug-likeness (QED) is 0.627. The van der Waals surface area contributed by atoms with Crippen LogP contribution in [0.1, 0.15) is 19.8 Å². The Kier molecular flexibility index (Phi) is 5.45. The van der Waals surface area contributed by atoms with Crippen LogP contribution in [0.2, 0.25) is 0 Å². The lowest BCUT2D eigenvalue weighted by Gasteiger charge is -2.30. The average Bonchev–Trinajstić information content (AvgIpc) is 2.61. The van der Waals surface area contributed by atoms with Crippen LogP contribution in [-0.2, 0) is 4.79 Å².